The van der Waals surface area contributed by atoms with E-state index in [1.165, 1.54) is 77.0 Å². The summed E-state index contributed by atoms with van der Waals surface area (Å²) in [5.41, 5.74) is 0. The lowest BCUT2D eigenvalue weighted by Crippen LogP contribution is -2.28. The molecule has 306 valence electrons. The fraction of sp³-hybridized carbons (Fsp3) is 0.646. The zero-order valence-corrected chi connectivity index (χ0v) is 34.5. The molecule has 0 aromatic carbocycles. The van der Waals surface area contributed by atoms with Gasteiger partial charge in [-0.1, -0.05) is 163 Å². The summed E-state index contributed by atoms with van der Waals surface area (Å²) in [6.45, 7) is 4.05. The summed E-state index contributed by atoms with van der Waals surface area (Å²) in [7, 11) is 0. The van der Waals surface area contributed by atoms with E-state index in [-0.39, 0.29) is 24.5 Å². The van der Waals surface area contributed by atoms with Gasteiger partial charge in [-0.05, 0) is 96.0 Å². The Balaban J connectivity index is 4.15. The molecular formula is C48H79NO5. The van der Waals surface area contributed by atoms with Gasteiger partial charge in [-0.2, -0.15) is 0 Å². The smallest absolute Gasteiger partial charge is 0.322 e. The molecule has 0 rings (SSSR count). The first-order valence-electron chi connectivity index (χ1n) is 21.7. The third-order valence-electron chi connectivity index (χ3n) is 9.04. The first kappa shape index (κ1) is 50.6. The molecule has 0 aromatic heterocycles. The minimum atomic E-state index is -1.04. The Bertz CT molecular complexity index is 1100. The number of hydrogen-bond acceptors (Lipinski definition) is 4. The fourth-order valence-corrected chi connectivity index (χ4v) is 5.84. The van der Waals surface area contributed by atoms with E-state index in [0.29, 0.717) is 25.7 Å². The Hall–Kier alpha value is -3.41. The molecular weight excluding hydrogens is 671 g/mol. The highest BCUT2D eigenvalue weighted by atomic mass is 16.5. The number of allylic oxidation sites excluding steroid dienone is 13. The van der Waals surface area contributed by atoms with Crippen molar-refractivity contribution in [2.45, 2.75) is 193 Å². The van der Waals surface area contributed by atoms with Gasteiger partial charge in [-0.15, -0.1) is 0 Å². The predicted molar refractivity (Wildman–Crippen MR) is 231 cm³/mol. The highest BCUT2D eigenvalue weighted by Gasteiger charge is 2.12. The Morgan fingerprint density at radius 2 is 0.963 bits per heavy atom. The Morgan fingerprint density at radius 1 is 0.519 bits per heavy atom. The van der Waals surface area contributed by atoms with Gasteiger partial charge in [-0.3, -0.25) is 14.4 Å². The van der Waals surface area contributed by atoms with E-state index in [2.05, 4.69) is 98.2 Å². The lowest BCUT2D eigenvalue weighted by atomic mass is 10.1. The third-order valence-corrected chi connectivity index (χ3v) is 9.04. The van der Waals surface area contributed by atoms with Crippen LogP contribution in [0.3, 0.4) is 0 Å². The molecule has 6 heteroatoms. The molecule has 0 bridgehead atoms. The Kier molecular flexibility index (Phi) is 39.7. The van der Waals surface area contributed by atoms with E-state index >= 15 is 0 Å². The van der Waals surface area contributed by atoms with Crippen molar-refractivity contribution in [1.29, 1.82) is 0 Å². The van der Waals surface area contributed by atoms with Crippen LogP contribution in [0.2, 0.25) is 0 Å². The van der Waals surface area contributed by atoms with Gasteiger partial charge in [0.2, 0.25) is 5.91 Å². The molecule has 0 aliphatic heterocycles. The molecule has 54 heavy (non-hydrogen) atoms. The molecule has 0 saturated carbocycles. The van der Waals surface area contributed by atoms with Gasteiger partial charge in [-0.25, -0.2) is 0 Å². The van der Waals surface area contributed by atoms with Crippen molar-refractivity contribution >= 4 is 17.8 Å². The Morgan fingerprint density at radius 3 is 1.50 bits per heavy atom. The highest BCUT2D eigenvalue weighted by Crippen LogP contribution is 2.15. The van der Waals surface area contributed by atoms with Crippen LogP contribution in [0.25, 0.3) is 0 Å². The molecule has 0 aliphatic carbocycles. The van der Waals surface area contributed by atoms with Crippen molar-refractivity contribution in [3.8, 4) is 0 Å². The van der Waals surface area contributed by atoms with Crippen LogP contribution in [0, 0.1) is 0 Å². The van der Waals surface area contributed by atoms with Crippen LogP contribution in [0.15, 0.2) is 85.1 Å². The van der Waals surface area contributed by atoms with Crippen molar-refractivity contribution in [3.63, 3.8) is 0 Å². The van der Waals surface area contributed by atoms with E-state index in [9.17, 15) is 14.4 Å². The largest absolute Gasteiger partial charge is 0.480 e. The number of amides is 1. The van der Waals surface area contributed by atoms with Crippen LogP contribution in [-0.2, 0) is 19.1 Å². The molecule has 6 nitrogen and oxygen atoms in total. The summed E-state index contributed by atoms with van der Waals surface area (Å²) in [6, 6.07) is 0. The second-order valence-corrected chi connectivity index (χ2v) is 14.2. The number of esters is 1. The first-order chi connectivity index (χ1) is 26.5. The van der Waals surface area contributed by atoms with Crippen molar-refractivity contribution < 1.29 is 24.2 Å². The molecule has 1 atom stereocenters. The maximum Gasteiger partial charge on any atom is 0.322 e. The third kappa shape index (κ3) is 41.3. The zero-order chi connectivity index (χ0) is 39.4. The standard InChI is InChI=1S/C48H79NO5/c1-3-5-7-9-11-13-15-16-17-18-19-20-21-22-23-24-25-26-28-30-32-34-39-43-48(53)54-45(41-37-35-38-42-46(50)49-44-47(51)52)40-36-33-31-29-27-14-12-10-8-6-4-2/h6,8,12,14-16,18-19,21-22,29,31,36,40,45H,3-5,7,9-11,13,17,20,23-28,30,32-35,37-39,41-44H2,1-2H3,(H,49,50)(H,51,52)/b8-6-,14-12-,16-15-,19-18-,22-21-,31-29-,40-36-. The van der Waals surface area contributed by atoms with E-state index in [1.807, 2.05) is 6.08 Å². The molecule has 0 fully saturated rings. The summed E-state index contributed by atoms with van der Waals surface area (Å²) in [4.78, 5) is 35.1. The summed E-state index contributed by atoms with van der Waals surface area (Å²) in [6.07, 6.45) is 58.7. The lowest BCUT2D eigenvalue weighted by molar-refractivity contribution is -0.147. The molecule has 0 aliphatic rings. The van der Waals surface area contributed by atoms with Crippen LogP contribution >= 0.6 is 0 Å². The minimum absolute atomic E-state index is 0.139. The van der Waals surface area contributed by atoms with E-state index in [4.69, 9.17) is 9.84 Å². The second kappa shape index (κ2) is 42.3. The summed E-state index contributed by atoms with van der Waals surface area (Å²) in [5.74, 6) is -1.43. The topological polar surface area (TPSA) is 92.7 Å². The van der Waals surface area contributed by atoms with Crippen LogP contribution in [-0.4, -0.2) is 35.6 Å². The maximum atomic E-state index is 12.7. The van der Waals surface area contributed by atoms with Gasteiger partial charge in [0.1, 0.15) is 12.6 Å². The molecule has 0 radical (unpaired) electrons. The minimum Gasteiger partial charge on any atom is -0.480 e. The molecule has 0 saturated heterocycles. The lowest BCUT2D eigenvalue weighted by Gasteiger charge is -2.14. The van der Waals surface area contributed by atoms with Gasteiger partial charge >= 0.3 is 11.9 Å². The average Bonchev–Trinajstić information content (AvgIpc) is 3.16. The summed E-state index contributed by atoms with van der Waals surface area (Å²) < 4.78 is 5.86. The van der Waals surface area contributed by atoms with Crippen molar-refractivity contribution in [2.24, 2.45) is 0 Å². The van der Waals surface area contributed by atoms with Crippen LogP contribution in [0.1, 0.15) is 187 Å². The molecule has 0 spiro atoms. The van der Waals surface area contributed by atoms with Crippen LogP contribution in [0.4, 0.5) is 0 Å². The number of aliphatic carboxylic acids is 1. The number of carbonyl (C=O) groups is 3. The van der Waals surface area contributed by atoms with Crippen molar-refractivity contribution in [1.82, 2.24) is 5.32 Å². The molecule has 2 N–H and O–H groups in total. The van der Waals surface area contributed by atoms with Gasteiger partial charge < -0.3 is 15.2 Å². The molecule has 1 unspecified atom stereocenters. The van der Waals surface area contributed by atoms with Crippen molar-refractivity contribution in [2.75, 3.05) is 6.54 Å². The number of hydrogen-bond donors (Lipinski definition) is 2. The number of carboxylic acid groups (broad SMARTS) is 1. The monoisotopic (exact) mass is 750 g/mol. The van der Waals surface area contributed by atoms with Gasteiger partial charge in [0.15, 0.2) is 0 Å². The quantitative estimate of drug-likeness (QED) is 0.0372. The normalized spacial score (nSPS) is 12.9. The zero-order valence-electron chi connectivity index (χ0n) is 34.5. The predicted octanol–water partition coefficient (Wildman–Crippen LogP) is 13.6. The fourth-order valence-electron chi connectivity index (χ4n) is 5.84. The number of ether oxygens (including phenoxy) is 1. The van der Waals surface area contributed by atoms with Gasteiger partial charge in [0.05, 0.1) is 0 Å². The van der Waals surface area contributed by atoms with Crippen LogP contribution < -0.4 is 5.32 Å². The maximum absolute atomic E-state index is 12.7. The van der Waals surface area contributed by atoms with Crippen molar-refractivity contribution in [3.05, 3.63) is 85.1 Å². The number of carboxylic acids is 1. The van der Waals surface area contributed by atoms with E-state index in [1.54, 1.807) is 0 Å². The highest BCUT2D eigenvalue weighted by molar-refractivity contribution is 5.80. The van der Waals surface area contributed by atoms with E-state index < -0.39 is 5.97 Å². The number of carbonyl (C=O) groups excluding carboxylic acids is 2. The molecule has 0 aromatic rings. The summed E-state index contributed by atoms with van der Waals surface area (Å²) in [5, 5.41) is 11.1. The number of unbranched alkanes of at least 4 members (excludes halogenated alkanes) is 15. The first-order valence-corrected chi connectivity index (χ1v) is 21.7. The second-order valence-electron chi connectivity index (χ2n) is 14.2. The van der Waals surface area contributed by atoms with Gasteiger partial charge in [0.25, 0.3) is 0 Å². The number of rotatable bonds is 38. The molecule has 0 heterocycles. The molecule has 1 amide bonds. The van der Waals surface area contributed by atoms with E-state index in [0.717, 1.165) is 70.6 Å². The SMILES string of the molecule is CC/C=C\C/C=C\C/C=C\C/C=C\C(CCCCCC(=O)NCC(=O)O)OC(=O)CCCCCCCCCC/C=C\C/C=C\C/C=C\CCCCCCC. The number of nitrogens with one attached hydrogen (secondary N) is 1. The van der Waals surface area contributed by atoms with Gasteiger partial charge in [0, 0.05) is 12.8 Å². The Labute approximate surface area is 331 Å². The average molecular weight is 750 g/mol. The van der Waals surface area contributed by atoms with Crippen LogP contribution in [0.5, 0.6) is 0 Å². The summed E-state index contributed by atoms with van der Waals surface area (Å²) >= 11 is 0.